The number of thioether (sulfide) groups is 1. The second kappa shape index (κ2) is 6.15. The molecule has 4 nitrogen and oxygen atoms in total. The molecule has 0 saturated carbocycles. The molecule has 2 unspecified atom stereocenters. The van der Waals surface area contributed by atoms with Gasteiger partial charge in [0, 0.05) is 17.6 Å². The first-order chi connectivity index (χ1) is 7.54. The molecular formula is C10H12O4S2. The normalized spacial score (nSPS) is 14.4. The fraction of sp³-hybridized carbons (Fsp3) is 0.400. The number of hydrogen-bond acceptors (Lipinski definition) is 6. The summed E-state index contributed by atoms with van der Waals surface area (Å²) in [5, 5.41) is 19.2. The molecule has 0 saturated heterocycles. The van der Waals surface area contributed by atoms with Crippen molar-refractivity contribution in [2.75, 3.05) is 5.75 Å². The topological polar surface area (TPSA) is 74.6 Å². The van der Waals surface area contributed by atoms with Gasteiger partial charge < -0.3 is 10.2 Å². The van der Waals surface area contributed by atoms with Gasteiger partial charge in [-0.2, -0.15) is 0 Å². The molecule has 0 aliphatic carbocycles. The summed E-state index contributed by atoms with van der Waals surface area (Å²) in [5.74, 6) is 0.144. The molecule has 1 aromatic rings. The number of aldehydes is 1. The summed E-state index contributed by atoms with van der Waals surface area (Å²) in [6, 6.07) is 3.18. The smallest absolute Gasteiger partial charge is 0.185 e. The van der Waals surface area contributed by atoms with Crippen LogP contribution in [0.1, 0.15) is 27.6 Å². The van der Waals surface area contributed by atoms with E-state index in [0.717, 1.165) is 23.1 Å². The molecule has 2 atom stereocenters. The summed E-state index contributed by atoms with van der Waals surface area (Å²) in [5.41, 5.74) is 0. The molecule has 1 heterocycles. The number of carbonyl (C=O) groups is 2. The van der Waals surface area contributed by atoms with Crippen LogP contribution in [0, 0.1) is 0 Å². The van der Waals surface area contributed by atoms with Crippen LogP contribution in [0.5, 0.6) is 0 Å². The van der Waals surface area contributed by atoms with Gasteiger partial charge in [-0.05, 0) is 12.1 Å². The highest BCUT2D eigenvalue weighted by atomic mass is 32.2. The number of carbonyl (C=O) groups excluding carboxylic acids is 2. The monoisotopic (exact) mass is 260 g/mol. The summed E-state index contributed by atoms with van der Waals surface area (Å²) in [4.78, 5) is 22.2. The summed E-state index contributed by atoms with van der Waals surface area (Å²) in [6.45, 7) is 1.40. The highest BCUT2D eigenvalue weighted by Gasteiger charge is 2.20. The Morgan fingerprint density at radius 2 is 2.25 bits per heavy atom. The van der Waals surface area contributed by atoms with Crippen molar-refractivity contribution in [3.05, 3.63) is 21.9 Å². The molecule has 0 bridgehead atoms. The Balaban J connectivity index is 2.58. The van der Waals surface area contributed by atoms with Crippen LogP contribution in [-0.4, -0.2) is 33.5 Å². The average Bonchev–Trinajstić information content (AvgIpc) is 2.73. The maximum atomic E-state index is 10.7. The standard InChI is InChI=1S/C10H12O4S2/c1-6(12)15-5-8(13)10(14)9-3-2-7(4-11)16-9/h2-4,8,10,13-14H,5H2,1H3. The number of hydrogen-bond donors (Lipinski definition) is 2. The molecule has 0 amide bonds. The van der Waals surface area contributed by atoms with Crippen molar-refractivity contribution >= 4 is 34.5 Å². The van der Waals surface area contributed by atoms with Crippen molar-refractivity contribution < 1.29 is 19.8 Å². The van der Waals surface area contributed by atoms with Gasteiger partial charge in [-0.15, -0.1) is 11.3 Å². The third-order valence-electron chi connectivity index (χ3n) is 1.88. The van der Waals surface area contributed by atoms with Crippen molar-refractivity contribution in [3.8, 4) is 0 Å². The number of aliphatic hydroxyl groups excluding tert-OH is 2. The second-order valence-corrected chi connectivity index (χ2v) is 5.52. The Morgan fingerprint density at radius 3 is 2.75 bits per heavy atom. The van der Waals surface area contributed by atoms with E-state index in [9.17, 15) is 19.8 Å². The quantitative estimate of drug-likeness (QED) is 0.779. The van der Waals surface area contributed by atoms with Crippen molar-refractivity contribution in [2.45, 2.75) is 19.1 Å². The molecule has 0 aromatic carbocycles. The minimum atomic E-state index is -1.05. The Bertz CT molecular complexity index is 375. The Labute approximate surface area is 101 Å². The predicted octanol–water partition coefficient (Wildman–Crippen LogP) is 1.23. The number of aliphatic hydroxyl groups is 2. The largest absolute Gasteiger partial charge is 0.389 e. The zero-order valence-electron chi connectivity index (χ0n) is 8.62. The van der Waals surface area contributed by atoms with Crippen LogP contribution in [0.4, 0.5) is 0 Å². The molecule has 1 aromatic heterocycles. The Hall–Kier alpha value is -0.690. The third-order valence-corrected chi connectivity index (χ3v) is 3.87. The van der Waals surface area contributed by atoms with Gasteiger partial charge in [0.1, 0.15) is 6.10 Å². The van der Waals surface area contributed by atoms with Crippen molar-refractivity contribution in [2.24, 2.45) is 0 Å². The van der Waals surface area contributed by atoms with E-state index in [1.165, 1.54) is 6.92 Å². The first-order valence-corrected chi connectivity index (χ1v) is 6.39. The lowest BCUT2D eigenvalue weighted by atomic mass is 10.2. The number of rotatable bonds is 5. The van der Waals surface area contributed by atoms with E-state index in [1.54, 1.807) is 12.1 Å². The maximum Gasteiger partial charge on any atom is 0.185 e. The molecule has 0 spiro atoms. The molecule has 6 heteroatoms. The van der Waals surface area contributed by atoms with Crippen LogP contribution in [0.25, 0.3) is 0 Å². The molecular weight excluding hydrogens is 248 g/mol. The SMILES string of the molecule is CC(=O)SCC(O)C(O)c1ccc(C=O)s1. The van der Waals surface area contributed by atoms with Crippen molar-refractivity contribution in [3.63, 3.8) is 0 Å². The molecule has 2 N–H and O–H groups in total. The molecule has 0 fully saturated rings. The predicted molar refractivity (Wildman–Crippen MR) is 63.8 cm³/mol. The van der Waals surface area contributed by atoms with Gasteiger partial charge in [-0.3, -0.25) is 9.59 Å². The van der Waals surface area contributed by atoms with Gasteiger partial charge >= 0.3 is 0 Å². The van der Waals surface area contributed by atoms with Gasteiger partial charge in [0.2, 0.25) is 0 Å². The van der Waals surface area contributed by atoms with E-state index in [4.69, 9.17) is 0 Å². The van der Waals surface area contributed by atoms with E-state index in [1.807, 2.05) is 0 Å². The molecule has 0 aliphatic rings. The van der Waals surface area contributed by atoms with E-state index < -0.39 is 12.2 Å². The maximum absolute atomic E-state index is 10.7. The van der Waals surface area contributed by atoms with Crippen LogP contribution in [0.3, 0.4) is 0 Å². The van der Waals surface area contributed by atoms with Gasteiger partial charge in [0.25, 0.3) is 0 Å². The minimum absolute atomic E-state index is 0.106. The highest BCUT2D eigenvalue weighted by molar-refractivity contribution is 8.13. The fourth-order valence-electron chi connectivity index (χ4n) is 1.07. The van der Waals surface area contributed by atoms with E-state index >= 15 is 0 Å². The Kier molecular flexibility index (Phi) is 5.14. The first-order valence-electron chi connectivity index (χ1n) is 4.59. The molecule has 0 radical (unpaired) electrons. The molecule has 1 rings (SSSR count). The lowest BCUT2D eigenvalue weighted by molar-refractivity contribution is -0.109. The van der Waals surface area contributed by atoms with E-state index in [0.29, 0.717) is 16.0 Å². The zero-order chi connectivity index (χ0) is 12.1. The first kappa shape index (κ1) is 13.4. The molecule has 0 aliphatic heterocycles. The van der Waals surface area contributed by atoms with Crippen molar-refractivity contribution in [1.29, 1.82) is 0 Å². The van der Waals surface area contributed by atoms with Crippen LogP contribution < -0.4 is 0 Å². The van der Waals surface area contributed by atoms with Gasteiger partial charge in [0.05, 0.1) is 11.0 Å². The van der Waals surface area contributed by atoms with Crippen LogP contribution in [0.2, 0.25) is 0 Å². The zero-order valence-corrected chi connectivity index (χ0v) is 10.3. The average molecular weight is 260 g/mol. The number of thiophene rings is 1. The molecule has 16 heavy (non-hydrogen) atoms. The minimum Gasteiger partial charge on any atom is -0.389 e. The summed E-state index contributed by atoms with van der Waals surface area (Å²) in [6.07, 6.45) is -1.37. The third kappa shape index (κ3) is 3.71. The summed E-state index contributed by atoms with van der Waals surface area (Å²) >= 11 is 2.09. The lowest BCUT2D eigenvalue weighted by Crippen LogP contribution is -2.20. The van der Waals surface area contributed by atoms with Gasteiger partial charge in [-0.25, -0.2) is 0 Å². The van der Waals surface area contributed by atoms with Gasteiger partial charge in [0.15, 0.2) is 11.4 Å². The fourth-order valence-corrected chi connectivity index (χ4v) is 2.53. The highest BCUT2D eigenvalue weighted by Crippen LogP contribution is 2.26. The van der Waals surface area contributed by atoms with Crippen LogP contribution >= 0.6 is 23.1 Å². The van der Waals surface area contributed by atoms with Crippen LogP contribution in [-0.2, 0) is 4.79 Å². The van der Waals surface area contributed by atoms with E-state index in [-0.39, 0.29) is 10.9 Å². The summed E-state index contributed by atoms with van der Waals surface area (Å²) in [7, 11) is 0. The van der Waals surface area contributed by atoms with Crippen molar-refractivity contribution in [1.82, 2.24) is 0 Å². The van der Waals surface area contributed by atoms with Gasteiger partial charge in [-0.1, -0.05) is 11.8 Å². The summed E-state index contributed by atoms with van der Waals surface area (Å²) < 4.78 is 0. The Morgan fingerprint density at radius 1 is 1.56 bits per heavy atom. The molecule has 88 valence electrons. The van der Waals surface area contributed by atoms with E-state index in [2.05, 4.69) is 0 Å². The van der Waals surface area contributed by atoms with Crippen LogP contribution in [0.15, 0.2) is 12.1 Å². The second-order valence-electron chi connectivity index (χ2n) is 3.17. The lowest BCUT2D eigenvalue weighted by Gasteiger charge is -2.15.